The fourth-order valence-electron chi connectivity index (χ4n) is 5.71. The zero-order chi connectivity index (χ0) is 22.4. The Hall–Kier alpha value is -2.34. The third-order valence-electron chi connectivity index (χ3n) is 6.95. The molecule has 1 N–H and O–H groups in total. The van der Waals surface area contributed by atoms with Crippen molar-refractivity contribution in [2.45, 2.75) is 82.6 Å². The molecule has 1 amide bonds. The first-order chi connectivity index (χ1) is 14.7. The lowest BCUT2D eigenvalue weighted by Crippen LogP contribution is -2.56. The van der Waals surface area contributed by atoms with Gasteiger partial charge in [-0.15, -0.1) is 0 Å². The van der Waals surface area contributed by atoms with Gasteiger partial charge in [0, 0.05) is 12.6 Å². The summed E-state index contributed by atoms with van der Waals surface area (Å²) in [6.07, 6.45) is 5.92. The molecule has 0 radical (unpaired) electrons. The van der Waals surface area contributed by atoms with E-state index < -0.39 is 10.0 Å². The Labute approximate surface area is 185 Å². The second-order valence-electron chi connectivity index (χ2n) is 9.33. The molecule has 2 aromatic rings. The van der Waals surface area contributed by atoms with Crippen molar-refractivity contribution in [3.63, 3.8) is 0 Å². The number of rotatable bonds is 3. The van der Waals surface area contributed by atoms with Crippen LogP contribution in [0.2, 0.25) is 0 Å². The summed E-state index contributed by atoms with van der Waals surface area (Å²) >= 11 is 0. The van der Waals surface area contributed by atoms with Crippen LogP contribution in [0, 0.1) is 13.8 Å². The Morgan fingerprint density at radius 1 is 1.00 bits per heavy atom. The molecule has 5 nitrogen and oxygen atoms in total. The predicted molar refractivity (Wildman–Crippen MR) is 125 cm³/mol. The largest absolute Gasteiger partial charge is 0.326 e. The highest BCUT2D eigenvalue weighted by atomic mass is 32.2. The molecular weight excluding hydrogens is 408 g/mol. The average Bonchev–Trinajstić information content (AvgIpc) is 2.71. The third kappa shape index (κ3) is 3.75. The molecule has 1 fully saturated rings. The molecule has 0 bridgehead atoms. The highest BCUT2D eigenvalue weighted by molar-refractivity contribution is 7.93. The van der Waals surface area contributed by atoms with Crippen LogP contribution >= 0.6 is 0 Å². The monoisotopic (exact) mass is 440 g/mol. The Morgan fingerprint density at radius 2 is 1.61 bits per heavy atom. The number of sulfonamides is 1. The van der Waals surface area contributed by atoms with Gasteiger partial charge in [-0.2, -0.15) is 0 Å². The van der Waals surface area contributed by atoms with Crippen molar-refractivity contribution in [1.82, 2.24) is 0 Å². The standard InChI is InChI=1S/C25H32N2O3S/c1-17-8-9-18(2)24-23(17)19(3)16-25(14-6-5-7-15-25)27(24)31(29,30)22-12-10-21(11-13-22)26-20(4)28/h8-13,19H,5-7,14-16H2,1-4H3,(H,26,28)/t19-/m1/s1. The molecule has 4 rings (SSSR count). The van der Waals surface area contributed by atoms with Gasteiger partial charge in [0.2, 0.25) is 5.91 Å². The number of amides is 1. The van der Waals surface area contributed by atoms with E-state index in [9.17, 15) is 13.2 Å². The van der Waals surface area contributed by atoms with Gasteiger partial charge in [-0.1, -0.05) is 38.3 Å². The van der Waals surface area contributed by atoms with Gasteiger partial charge in [0.15, 0.2) is 0 Å². The molecule has 1 heterocycles. The number of hydrogen-bond donors (Lipinski definition) is 1. The minimum atomic E-state index is -3.77. The summed E-state index contributed by atoms with van der Waals surface area (Å²) < 4.78 is 30.1. The molecule has 1 atom stereocenters. The quantitative estimate of drug-likeness (QED) is 0.669. The number of anilines is 2. The molecule has 0 saturated heterocycles. The van der Waals surface area contributed by atoms with E-state index in [1.165, 1.54) is 6.92 Å². The zero-order valence-corrected chi connectivity index (χ0v) is 19.7. The molecule has 1 aliphatic heterocycles. The van der Waals surface area contributed by atoms with Gasteiger partial charge in [0.25, 0.3) is 10.0 Å². The number of fused-ring (bicyclic) bond motifs is 1. The first-order valence-corrected chi connectivity index (χ1v) is 12.6. The van der Waals surface area contributed by atoms with Crippen LogP contribution in [0.25, 0.3) is 0 Å². The van der Waals surface area contributed by atoms with Crippen LogP contribution in [-0.4, -0.2) is 19.9 Å². The number of carbonyl (C=O) groups is 1. The fourth-order valence-corrected chi connectivity index (χ4v) is 7.65. The Balaban J connectivity index is 1.89. The van der Waals surface area contributed by atoms with Gasteiger partial charge in [-0.3, -0.25) is 9.10 Å². The lowest BCUT2D eigenvalue weighted by Gasteiger charge is -2.52. The fraction of sp³-hybridized carbons (Fsp3) is 0.480. The van der Waals surface area contributed by atoms with E-state index in [1.54, 1.807) is 28.6 Å². The molecular formula is C25H32N2O3S. The molecule has 0 aromatic heterocycles. The van der Waals surface area contributed by atoms with Crippen molar-refractivity contribution in [1.29, 1.82) is 0 Å². The lowest BCUT2D eigenvalue weighted by molar-refractivity contribution is -0.114. The number of nitrogens with zero attached hydrogens (tertiary/aromatic N) is 1. The summed E-state index contributed by atoms with van der Waals surface area (Å²) in [5.74, 6) is 0.142. The third-order valence-corrected chi connectivity index (χ3v) is 8.87. The van der Waals surface area contributed by atoms with Crippen LogP contribution < -0.4 is 9.62 Å². The van der Waals surface area contributed by atoms with Gasteiger partial charge in [0.05, 0.1) is 16.1 Å². The Kier molecular flexibility index (Phi) is 5.63. The smallest absolute Gasteiger partial charge is 0.264 e. The van der Waals surface area contributed by atoms with Crippen LogP contribution in [0.15, 0.2) is 41.3 Å². The molecule has 0 unspecified atom stereocenters. The van der Waals surface area contributed by atoms with Crippen molar-refractivity contribution in [2.24, 2.45) is 0 Å². The summed E-state index contributed by atoms with van der Waals surface area (Å²) in [6.45, 7) is 7.79. The van der Waals surface area contributed by atoms with Crippen molar-refractivity contribution < 1.29 is 13.2 Å². The van der Waals surface area contributed by atoms with Crippen LogP contribution in [0.1, 0.15) is 75.0 Å². The second-order valence-corrected chi connectivity index (χ2v) is 11.1. The number of hydrogen-bond acceptors (Lipinski definition) is 3. The van der Waals surface area contributed by atoms with Crippen molar-refractivity contribution >= 4 is 27.3 Å². The number of benzene rings is 2. The highest BCUT2D eigenvalue weighted by Gasteiger charge is 2.50. The van der Waals surface area contributed by atoms with Gasteiger partial charge in [0.1, 0.15) is 0 Å². The molecule has 6 heteroatoms. The summed E-state index contributed by atoms with van der Waals surface area (Å²) in [5, 5.41) is 2.71. The Bertz CT molecular complexity index is 1100. The summed E-state index contributed by atoms with van der Waals surface area (Å²) in [5.41, 5.74) is 4.42. The number of aryl methyl sites for hydroxylation is 2. The van der Waals surface area contributed by atoms with Crippen LogP contribution in [0.5, 0.6) is 0 Å². The van der Waals surface area contributed by atoms with Crippen molar-refractivity contribution in [2.75, 3.05) is 9.62 Å². The molecule has 1 aliphatic carbocycles. The van der Waals surface area contributed by atoms with E-state index in [0.29, 0.717) is 11.6 Å². The average molecular weight is 441 g/mol. The summed E-state index contributed by atoms with van der Waals surface area (Å²) in [4.78, 5) is 11.6. The normalized spacial score (nSPS) is 20.4. The predicted octanol–water partition coefficient (Wildman–Crippen LogP) is 5.67. The Morgan fingerprint density at radius 3 is 2.23 bits per heavy atom. The minimum absolute atomic E-state index is 0.179. The van der Waals surface area contributed by atoms with E-state index in [0.717, 1.165) is 60.9 Å². The maximum absolute atomic E-state index is 14.2. The van der Waals surface area contributed by atoms with Crippen molar-refractivity contribution in [3.05, 3.63) is 53.1 Å². The molecule has 2 aromatic carbocycles. The van der Waals surface area contributed by atoms with E-state index in [-0.39, 0.29) is 16.3 Å². The van der Waals surface area contributed by atoms with E-state index >= 15 is 0 Å². The first-order valence-electron chi connectivity index (χ1n) is 11.2. The first kappa shape index (κ1) is 21.9. The van der Waals surface area contributed by atoms with E-state index in [1.807, 2.05) is 13.0 Å². The van der Waals surface area contributed by atoms with E-state index in [2.05, 4.69) is 25.2 Å². The van der Waals surface area contributed by atoms with Gasteiger partial charge in [-0.25, -0.2) is 8.42 Å². The molecule has 31 heavy (non-hydrogen) atoms. The van der Waals surface area contributed by atoms with Gasteiger partial charge < -0.3 is 5.32 Å². The maximum atomic E-state index is 14.2. The number of nitrogens with one attached hydrogen (secondary N) is 1. The van der Waals surface area contributed by atoms with E-state index in [4.69, 9.17) is 0 Å². The van der Waals surface area contributed by atoms with Crippen LogP contribution in [-0.2, 0) is 14.8 Å². The van der Waals surface area contributed by atoms with Crippen molar-refractivity contribution in [3.8, 4) is 0 Å². The molecule has 166 valence electrons. The minimum Gasteiger partial charge on any atom is -0.326 e. The maximum Gasteiger partial charge on any atom is 0.264 e. The van der Waals surface area contributed by atoms with Gasteiger partial charge in [-0.05, 0) is 80.0 Å². The lowest BCUT2D eigenvalue weighted by atomic mass is 9.70. The summed E-state index contributed by atoms with van der Waals surface area (Å²) in [6, 6.07) is 10.7. The molecule has 2 aliphatic rings. The molecule has 1 saturated carbocycles. The van der Waals surface area contributed by atoms with Gasteiger partial charge >= 0.3 is 0 Å². The summed E-state index contributed by atoms with van der Waals surface area (Å²) in [7, 11) is -3.77. The van der Waals surface area contributed by atoms with Crippen LogP contribution in [0.4, 0.5) is 11.4 Å². The van der Waals surface area contributed by atoms with Crippen LogP contribution in [0.3, 0.4) is 0 Å². The zero-order valence-electron chi connectivity index (χ0n) is 18.9. The molecule has 1 spiro atoms. The highest BCUT2D eigenvalue weighted by Crippen LogP contribution is 2.53. The topological polar surface area (TPSA) is 66.5 Å². The number of carbonyl (C=O) groups excluding carboxylic acids is 1. The SMILES string of the molecule is CC(=O)Nc1ccc(S(=O)(=O)N2c3c(C)ccc(C)c3[C@H](C)CC23CCCCC3)cc1. The second kappa shape index (κ2) is 7.97.